The van der Waals surface area contributed by atoms with E-state index in [1.807, 2.05) is 45.9 Å². The quantitative estimate of drug-likeness (QED) is 0.636. The summed E-state index contributed by atoms with van der Waals surface area (Å²) in [5.74, 6) is 0.536. The lowest BCUT2D eigenvalue weighted by atomic mass is 9.90. The molecule has 0 radical (unpaired) electrons. The average molecular weight is 500 g/mol. The number of carbonyl (C=O) groups excluding carboxylic acids is 1. The largest absolute Gasteiger partial charge is 0.474 e. The van der Waals surface area contributed by atoms with Crippen molar-refractivity contribution in [3.05, 3.63) is 59.8 Å². The van der Waals surface area contributed by atoms with Crippen molar-refractivity contribution in [3.8, 4) is 5.88 Å². The summed E-state index contributed by atoms with van der Waals surface area (Å²) in [4.78, 5) is 18.7. The highest BCUT2D eigenvalue weighted by molar-refractivity contribution is 7.89. The summed E-state index contributed by atoms with van der Waals surface area (Å²) in [7, 11) is -3.56. The van der Waals surface area contributed by atoms with Crippen LogP contribution in [0.25, 0.3) is 5.57 Å². The maximum atomic E-state index is 12.6. The van der Waals surface area contributed by atoms with Gasteiger partial charge in [0, 0.05) is 43.7 Å². The van der Waals surface area contributed by atoms with Gasteiger partial charge < -0.3 is 14.4 Å². The monoisotopic (exact) mass is 499 g/mol. The normalized spacial score (nSPS) is 20.6. The van der Waals surface area contributed by atoms with E-state index in [1.54, 1.807) is 35.4 Å². The molecule has 4 rings (SSSR count). The molecule has 2 heterocycles. The van der Waals surface area contributed by atoms with Crippen LogP contribution >= 0.6 is 0 Å². The first-order valence-electron chi connectivity index (χ1n) is 11.9. The van der Waals surface area contributed by atoms with Crippen LogP contribution in [0.2, 0.25) is 0 Å². The minimum atomic E-state index is -3.56. The molecule has 1 amide bonds. The predicted molar refractivity (Wildman–Crippen MR) is 134 cm³/mol. The van der Waals surface area contributed by atoms with Crippen molar-refractivity contribution in [1.82, 2.24) is 14.6 Å². The number of hydrogen-bond donors (Lipinski definition) is 1. The molecule has 1 saturated carbocycles. The Morgan fingerprint density at radius 2 is 1.86 bits per heavy atom. The fourth-order valence-corrected chi connectivity index (χ4v) is 5.32. The van der Waals surface area contributed by atoms with E-state index in [2.05, 4.69) is 9.71 Å². The summed E-state index contributed by atoms with van der Waals surface area (Å²) in [5.41, 5.74) is 2.46. The first kappa shape index (κ1) is 25.2. The number of benzene rings is 1. The molecule has 2 aromatic rings. The molecule has 1 aliphatic heterocycles. The SMILES string of the molecule is Cc1ccc(S(=O)(=O)NC2CC(Oc3ncccc3C3=CCN(C(=O)OC(C)(C)C)CC3)C2)cc1. The number of pyridine rings is 1. The third-order valence-electron chi connectivity index (χ3n) is 6.00. The Kier molecular flexibility index (Phi) is 7.19. The Balaban J connectivity index is 1.34. The van der Waals surface area contributed by atoms with Crippen LogP contribution < -0.4 is 9.46 Å². The van der Waals surface area contributed by atoms with Crippen molar-refractivity contribution in [1.29, 1.82) is 0 Å². The zero-order valence-electron chi connectivity index (χ0n) is 20.7. The molecule has 0 bridgehead atoms. The van der Waals surface area contributed by atoms with E-state index in [-0.39, 0.29) is 23.1 Å². The van der Waals surface area contributed by atoms with Gasteiger partial charge in [0.25, 0.3) is 0 Å². The molecule has 188 valence electrons. The zero-order valence-corrected chi connectivity index (χ0v) is 21.5. The van der Waals surface area contributed by atoms with E-state index in [1.165, 1.54) is 0 Å². The number of ether oxygens (including phenoxy) is 2. The van der Waals surface area contributed by atoms with Gasteiger partial charge in [-0.25, -0.2) is 22.9 Å². The van der Waals surface area contributed by atoms with E-state index in [0.717, 1.165) is 16.7 Å². The van der Waals surface area contributed by atoms with Crippen molar-refractivity contribution in [2.24, 2.45) is 0 Å². The molecule has 2 aliphatic rings. The van der Waals surface area contributed by atoms with E-state index in [0.29, 0.717) is 38.2 Å². The number of amides is 1. The summed E-state index contributed by atoms with van der Waals surface area (Å²) in [6.45, 7) is 8.51. The number of rotatable bonds is 6. The topological polar surface area (TPSA) is 97.8 Å². The molecule has 1 aromatic heterocycles. The first-order chi connectivity index (χ1) is 16.5. The predicted octanol–water partition coefficient (Wildman–Crippen LogP) is 4.30. The fraction of sp³-hybridized carbons (Fsp3) is 0.462. The number of nitrogens with one attached hydrogen (secondary N) is 1. The van der Waals surface area contributed by atoms with E-state index in [9.17, 15) is 13.2 Å². The highest BCUT2D eigenvalue weighted by atomic mass is 32.2. The van der Waals surface area contributed by atoms with Crippen molar-refractivity contribution >= 4 is 21.7 Å². The molecule has 9 heteroatoms. The van der Waals surface area contributed by atoms with Crippen molar-refractivity contribution in [3.63, 3.8) is 0 Å². The van der Waals surface area contributed by atoms with Gasteiger partial charge >= 0.3 is 6.09 Å². The van der Waals surface area contributed by atoms with Crippen LogP contribution in [0.3, 0.4) is 0 Å². The summed E-state index contributed by atoms with van der Waals surface area (Å²) < 4.78 is 39.6. The van der Waals surface area contributed by atoms with Gasteiger partial charge in [0.05, 0.1) is 4.90 Å². The second kappa shape index (κ2) is 9.99. The van der Waals surface area contributed by atoms with Gasteiger partial charge in [0.2, 0.25) is 15.9 Å². The lowest BCUT2D eigenvalue weighted by molar-refractivity contribution is 0.0270. The van der Waals surface area contributed by atoms with Crippen LogP contribution in [-0.4, -0.2) is 55.2 Å². The second-order valence-corrected chi connectivity index (χ2v) is 11.8. The zero-order chi connectivity index (χ0) is 25.2. The van der Waals surface area contributed by atoms with Crippen LogP contribution in [-0.2, 0) is 14.8 Å². The van der Waals surface area contributed by atoms with E-state index >= 15 is 0 Å². The standard InChI is InChI=1S/C26H33N3O5S/c1-18-7-9-22(10-8-18)35(31,32)28-20-16-21(17-20)33-24-23(6-5-13-27-24)19-11-14-29(15-12-19)25(30)34-26(2,3)4/h5-11,13,20-21,28H,12,14-17H2,1-4H3. The van der Waals surface area contributed by atoms with Gasteiger partial charge in [-0.15, -0.1) is 0 Å². The third kappa shape index (κ3) is 6.41. The Morgan fingerprint density at radius 3 is 2.49 bits per heavy atom. The molecule has 35 heavy (non-hydrogen) atoms. The fourth-order valence-electron chi connectivity index (χ4n) is 4.06. The molecule has 8 nitrogen and oxygen atoms in total. The number of aromatic nitrogens is 1. The van der Waals surface area contributed by atoms with Gasteiger partial charge in [-0.3, -0.25) is 0 Å². The molecule has 1 aliphatic carbocycles. The van der Waals surface area contributed by atoms with E-state index in [4.69, 9.17) is 9.47 Å². The van der Waals surface area contributed by atoms with Gasteiger partial charge in [0.1, 0.15) is 11.7 Å². The van der Waals surface area contributed by atoms with Crippen LogP contribution in [0.1, 0.15) is 51.2 Å². The molecule has 0 spiro atoms. The Hall–Kier alpha value is -2.91. The molecule has 1 N–H and O–H groups in total. The van der Waals surface area contributed by atoms with Crippen molar-refractivity contribution in [2.75, 3.05) is 13.1 Å². The maximum absolute atomic E-state index is 12.6. The Morgan fingerprint density at radius 1 is 1.14 bits per heavy atom. The van der Waals surface area contributed by atoms with Gasteiger partial charge in [-0.05, 0) is 64.0 Å². The molecular weight excluding hydrogens is 466 g/mol. The summed E-state index contributed by atoms with van der Waals surface area (Å²) in [6.07, 6.45) is 5.09. The first-order valence-corrected chi connectivity index (χ1v) is 13.4. The average Bonchev–Trinajstić information content (AvgIpc) is 2.77. The maximum Gasteiger partial charge on any atom is 0.410 e. The van der Waals surface area contributed by atoms with Crippen molar-refractivity contribution in [2.45, 2.75) is 69.6 Å². The highest BCUT2D eigenvalue weighted by Gasteiger charge is 2.35. The lowest BCUT2D eigenvalue weighted by Gasteiger charge is -2.35. The minimum absolute atomic E-state index is 0.114. The highest BCUT2D eigenvalue weighted by Crippen LogP contribution is 2.33. The van der Waals surface area contributed by atoms with Crippen LogP contribution in [0.5, 0.6) is 5.88 Å². The van der Waals surface area contributed by atoms with Crippen LogP contribution in [0.4, 0.5) is 4.79 Å². The lowest BCUT2D eigenvalue weighted by Crippen LogP contribution is -2.49. The summed E-state index contributed by atoms with van der Waals surface area (Å²) >= 11 is 0. The number of nitrogens with zero attached hydrogens (tertiary/aromatic N) is 2. The molecule has 0 unspecified atom stereocenters. The molecule has 1 aromatic carbocycles. The number of aryl methyl sites for hydroxylation is 1. The van der Waals surface area contributed by atoms with Crippen LogP contribution in [0.15, 0.2) is 53.6 Å². The van der Waals surface area contributed by atoms with E-state index < -0.39 is 15.6 Å². The summed E-state index contributed by atoms with van der Waals surface area (Å²) in [5, 5.41) is 0. The Labute approximate surface area is 207 Å². The summed E-state index contributed by atoms with van der Waals surface area (Å²) in [6, 6.07) is 10.5. The number of sulfonamides is 1. The molecule has 0 atom stereocenters. The minimum Gasteiger partial charge on any atom is -0.474 e. The molecule has 1 fully saturated rings. The van der Waals surface area contributed by atoms with Gasteiger partial charge in [-0.1, -0.05) is 23.8 Å². The number of hydrogen-bond acceptors (Lipinski definition) is 6. The smallest absolute Gasteiger partial charge is 0.410 e. The third-order valence-corrected chi connectivity index (χ3v) is 7.54. The number of carbonyl (C=O) groups is 1. The Bertz CT molecular complexity index is 1200. The second-order valence-electron chi connectivity index (χ2n) is 10.1. The van der Waals surface area contributed by atoms with Crippen LogP contribution in [0, 0.1) is 6.92 Å². The molecular formula is C26H33N3O5S. The van der Waals surface area contributed by atoms with Crippen molar-refractivity contribution < 1.29 is 22.7 Å². The van der Waals surface area contributed by atoms with Gasteiger partial charge in [-0.2, -0.15) is 0 Å². The molecule has 0 saturated heterocycles. The van der Waals surface area contributed by atoms with Gasteiger partial charge in [0.15, 0.2) is 0 Å².